The average molecular weight is 303 g/mol. The highest BCUT2D eigenvalue weighted by Gasteiger charge is 2.31. The van der Waals surface area contributed by atoms with Gasteiger partial charge in [-0.1, -0.05) is 36.4 Å². The summed E-state index contributed by atoms with van der Waals surface area (Å²) < 4.78 is 1.74. The molecule has 1 amide bonds. The van der Waals surface area contributed by atoms with Crippen molar-refractivity contribution in [2.75, 3.05) is 4.90 Å². The van der Waals surface area contributed by atoms with Crippen molar-refractivity contribution >= 4 is 11.6 Å². The Bertz CT molecular complexity index is 854. The van der Waals surface area contributed by atoms with E-state index in [1.807, 2.05) is 53.4 Å². The first-order valence-electron chi connectivity index (χ1n) is 7.75. The summed E-state index contributed by atoms with van der Waals surface area (Å²) in [7, 11) is 0. The van der Waals surface area contributed by atoms with Gasteiger partial charge < -0.3 is 4.90 Å². The van der Waals surface area contributed by atoms with Crippen LogP contribution in [0, 0.1) is 0 Å². The molecule has 0 saturated heterocycles. The number of carbonyl (C=O) groups is 1. The molecule has 23 heavy (non-hydrogen) atoms. The van der Waals surface area contributed by atoms with E-state index in [0.717, 1.165) is 17.8 Å². The van der Waals surface area contributed by atoms with Crippen LogP contribution in [0.2, 0.25) is 0 Å². The van der Waals surface area contributed by atoms with Crippen LogP contribution in [0.15, 0.2) is 67.0 Å². The van der Waals surface area contributed by atoms with Gasteiger partial charge in [0.25, 0.3) is 5.91 Å². The highest BCUT2D eigenvalue weighted by Crippen LogP contribution is 2.33. The second-order valence-corrected chi connectivity index (χ2v) is 5.87. The van der Waals surface area contributed by atoms with Crippen LogP contribution in [0.25, 0.3) is 5.69 Å². The molecule has 3 aromatic rings. The first-order valence-corrected chi connectivity index (χ1v) is 7.75. The standard InChI is InChI=1S/C19H17N3O/c1-14-11-15-7-5-6-10-18(15)22(14)19(23)16-12-20-21(13-16)17-8-3-2-4-9-17/h2-10,12-14H,11H2,1H3/t14-/m1/s1. The summed E-state index contributed by atoms with van der Waals surface area (Å²) in [6.45, 7) is 2.08. The van der Waals surface area contributed by atoms with Crippen LogP contribution < -0.4 is 4.90 Å². The Morgan fingerprint density at radius 1 is 1.09 bits per heavy atom. The average Bonchev–Trinajstić information content (AvgIpc) is 3.19. The number of aromatic nitrogens is 2. The molecule has 0 radical (unpaired) electrons. The Balaban J connectivity index is 1.67. The van der Waals surface area contributed by atoms with E-state index in [1.54, 1.807) is 17.1 Å². The van der Waals surface area contributed by atoms with E-state index in [0.29, 0.717) is 5.56 Å². The van der Waals surface area contributed by atoms with E-state index in [1.165, 1.54) is 5.56 Å². The lowest BCUT2D eigenvalue weighted by Crippen LogP contribution is -2.35. The van der Waals surface area contributed by atoms with Gasteiger partial charge in [0.05, 0.1) is 17.4 Å². The Kier molecular flexibility index (Phi) is 3.23. The molecule has 0 fully saturated rings. The predicted molar refractivity (Wildman–Crippen MR) is 90.0 cm³/mol. The third kappa shape index (κ3) is 2.32. The van der Waals surface area contributed by atoms with Gasteiger partial charge in [0.15, 0.2) is 0 Å². The Labute approximate surface area is 135 Å². The lowest BCUT2D eigenvalue weighted by molar-refractivity contribution is 0.0981. The van der Waals surface area contributed by atoms with Crippen LogP contribution >= 0.6 is 0 Å². The molecule has 4 rings (SSSR count). The van der Waals surface area contributed by atoms with Gasteiger partial charge in [-0.15, -0.1) is 0 Å². The zero-order valence-corrected chi connectivity index (χ0v) is 12.9. The van der Waals surface area contributed by atoms with Gasteiger partial charge in [-0.3, -0.25) is 4.79 Å². The second-order valence-electron chi connectivity index (χ2n) is 5.87. The molecule has 0 N–H and O–H groups in total. The van der Waals surface area contributed by atoms with Crippen molar-refractivity contribution in [3.63, 3.8) is 0 Å². The van der Waals surface area contributed by atoms with Crippen molar-refractivity contribution in [2.45, 2.75) is 19.4 Å². The van der Waals surface area contributed by atoms with Crippen molar-refractivity contribution in [2.24, 2.45) is 0 Å². The number of anilines is 1. The maximum Gasteiger partial charge on any atom is 0.261 e. The van der Waals surface area contributed by atoms with Crippen LogP contribution in [0.4, 0.5) is 5.69 Å². The molecule has 0 bridgehead atoms. The van der Waals surface area contributed by atoms with Crippen LogP contribution in [-0.2, 0) is 6.42 Å². The first-order chi connectivity index (χ1) is 11.2. The molecule has 1 aliphatic rings. The molecule has 4 nitrogen and oxygen atoms in total. The topological polar surface area (TPSA) is 38.1 Å². The summed E-state index contributed by atoms with van der Waals surface area (Å²) in [5.41, 5.74) is 3.79. The molecule has 0 spiro atoms. The number of nitrogens with zero attached hydrogens (tertiary/aromatic N) is 3. The zero-order valence-electron chi connectivity index (χ0n) is 12.9. The minimum atomic E-state index is 0.00429. The number of carbonyl (C=O) groups excluding carboxylic acids is 1. The van der Waals surface area contributed by atoms with Gasteiger partial charge in [0.2, 0.25) is 0 Å². The van der Waals surface area contributed by atoms with Crippen LogP contribution in [-0.4, -0.2) is 21.7 Å². The summed E-state index contributed by atoms with van der Waals surface area (Å²) in [6.07, 6.45) is 4.34. The number of amides is 1. The number of hydrogen-bond acceptors (Lipinski definition) is 2. The van der Waals surface area contributed by atoms with Gasteiger partial charge in [-0.25, -0.2) is 4.68 Å². The number of rotatable bonds is 2. The van der Waals surface area contributed by atoms with Crippen molar-refractivity contribution in [3.8, 4) is 5.69 Å². The fourth-order valence-corrected chi connectivity index (χ4v) is 3.17. The SMILES string of the molecule is C[C@@H]1Cc2ccccc2N1C(=O)c1cnn(-c2ccccc2)c1. The normalized spacial score (nSPS) is 16.4. The fraction of sp³-hybridized carbons (Fsp3) is 0.158. The summed E-state index contributed by atoms with van der Waals surface area (Å²) in [4.78, 5) is 14.8. The minimum Gasteiger partial charge on any atom is -0.305 e. The zero-order chi connectivity index (χ0) is 15.8. The first kappa shape index (κ1) is 13.8. The Hall–Kier alpha value is -2.88. The summed E-state index contributed by atoms with van der Waals surface area (Å²) in [5, 5.41) is 4.33. The molecule has 1 aromatic heterocycles. The molecule has 4 heteroatoms. The summed E-state index contributed by atoms with van der Waals surface area (Å²) in [6, 6.07) is 18.1. The van der Waals surface area contributed by atoms with Gasteiger partial charge >= 0.3 is 0 Å². The van der Waals surface area contributed by atoms with Gasteiger partial charge in [0, 0.05) is 17.9 Å². The molecule has 0 saturated carbocycles. The smallest absolute Gasteiger partial charge is 0.261 e. The van der Waals surface area contributed by atoms with Crippen molar-refractivity contribution < 1.29 is 4.79 Å². The number of fused-ring (bicyclic) bond motifs is 1. The molecular weight excluding hydrogens is 286 g/mol. The maximum absolute atomic E-state index is 12.9. The number of hydrogen-bond donors (Lipinski definition) is 0. The number of benzene rings is 2. The van der Waals surface area contributed by atoms with E-state index in [9.17, 15) is 4.79 Å². The van der Waals surface area contributed by atoms with E-state index in [4.69, 9.17) is 0 Å². The second kappa shape index (κ2) is 5.39. The van der Waals surface area contributed by atoms with Crippen molar-refractivity contribution in [1.29, 1.82) is 0 Å². The largest absolute Gasteiger partial charge is 0.305 e. The molecule has 1 aliphatic heterocycles. The van der Waals surface area contributed by atoms with Crippen LogP contribution in [0.5, 0.6) is 0 Å². The minimum absolute atomic E-state index is 0.00429. The lowest BCUT2D eigenvalue weighted by atomic mass is 10.1. The monoisotopic (exact) mass is 303 g/mol. The molecule has 114 valence electrons. The predicted octanol–water partition coefficient (Wildman–Crippen LogP) is 3.46. The Morgan fingerprint density at radius 2 is 1.83 bits per heavy atom. The van der Waals surface area contributed by atoms with E-state index >= 15 is 0 Å². The quantitative estimate of drug-likeness (QED) is 0.727. The molecule has 0 aliphatic carbocycles. The van der Waals surface area contributed by atoms with E-state index < -0.39 is 0 Å². The van der Waals surface area contributed by atoms with Gasteiger partial charge in [0.1, 0.15) is 0 Å². The molecular formula is C19H17N3O. The maximum atomic E-state index is 12.9. The Morgan fingerprint density at radius 3 is 2.65 bits per heavy atom. The van der Waals surface area contributed by atoms with E-state index in [-0.39, 0.29) is 11.9 Å². The summed E-state index contributed by atoms with van der Waals surface area (Å²) in [5.74, 6) is 0.00429. The molecule has 0 unspecified atom stereocenters. The van der Waals surface area contributed by atoms with E-state index in [2.05, 4.69) is 18.1 Å². The van der Waals surface area contributed by atoms with Crippen molar-refractivity contribution in [3.05, 3.63) is 78.1 Å². The summed E-state index contributed by atoms with van der Waals surface area (Å²) >= 11 is 0. The van der Waals surface area contributed by atoms with Crippen molar-refractivity contribution in [1.82, 2.24) is 9.78 Å². The molecule has 1 atom stereocenters. The van der Waals surface area contributed by atoms with Crippen LogP contribution in [0.1, 0.15) is 22.8 Å². The third-order valence-electron chi connectivity index (χ3n) is 4.28. The number of para-hydroxylation sites is 2. The molecule has 2 heterocycles. The fourth-order valence-electron chi connectivity index (χ4n) is 3.17. The third-order valence-corrected chi connectivity index (χ3v) is 4.28. The molecule has 2 aromatic carbocycles. The highest BCUT2D eigenvalue weighted by atomic mass is 16.2. The van der Waals surface area contributed by atoms with Gasteiger partial charge in [-0.2, -0.15) is 5.10 Å². The van der Waals surface area contributed by atoms with Gasteiger partial charge in [-0.05, 0) is 37.1 Å². The highest BCUT2D eigenvalue weighted by molar-refractivity contribution is 6.07. The van der Waals surface area contributed by atoms with Crippen LogP contribution in [0.3, 0.4) is 0 Å². The lowest BCUT2D eigenvalue weighted by Gasteiger charge is -2.21.